The van der Waals surface area contributed by atoms with Gasteiger partial charge >= 0.3 is 5.97 Å². The Morgan fingerprint density at radius 2 is 2.25 bits per heavy atom. The average molecular weight is 231 g/mol. The summed E-state index contributed by atoms with van der Waals surface area (Å²) in [4.78, 5) is 22.5. The molecule has 0 radical (unpaired) electrons. The summed E-state index contributed by atoms with van der Waals surface area (Å²) in [5.74, 6) is -1.74. The fourth-order valence-electron chi connectivity index (χ4n) is 1.74. The zero-order valence-corrected chi connectivity index (χ0v) is 9.18. The number of carboxylic acids is 1. The Bertz CT molecular complexity index is 268. The van der Waals surface area contributed by atoms with Crippen molar-refractivity contribution in [3.8, 4) is 0 Å². The Kier molecular flexibility index (Phi) is 4.70. The van der Waals surface area contributed by atoms with Crippen molar-refractivity contribution in [2.75, 3.05) is 13.2 Å². The smallest absolute Gasteiger partial charge is 0.326 e. The van der Waals surface area contributed by atoms with Crippen LogP contribution < -0.4 is 5.32 Å². The zero-order chi connectivity index (χ0) is 12.1. The fourth-order valence-corrected chi connectivity index (χ4v) is 1.74. The quantitative estimate of drug-likeness (QED) is 0.585. The van der Waals surface area contributed by atoms with E-state index in [1.807, 2.05) is 0 Å². The molecule has 1 saturated heterocycles. The van der Waals surface area contributed by atoms with Crippen molar-refractivity contribution >= 4 is 11.9 Å². The maximum absolute atomic E-state index is 11.7. The summed E-state index contributed by atoms with van der Waals surface area (Å²) in [7, 11) is 0. The molecule has 0 spiro atoms. The molecule has 92 valence electrons. The van der Waals surface area contributed by atoms with Crippen molar-refractivity contribution in [3.05, 3.63) is 0 Å². The van der Waals surface area contributed by atoms with Crippen LogP contribution in [0.15, 0.2) is 0 Å². The Morgan fingerprint density at radius 3 is 2.69 bits per heavy atom. The van der Waals surface area contributed by atoms with E-state index in [4.69, 9.17) is 14.9 Å². The third-order valence-corrected chi connectivity index (χ3v) is 2.75. The van der Waals surface area contributed by atoms with Crippen molar-refractivity contribution in [1.29, 1.82) is 0 Å². The summed E-state index contributed by atoms with van der Waals surface area (Å²) in [5, 5.41) is 19.9. The molecule has 0 aromatic rings. The molecule has 1 amide bonds. The van der Waals surface area contributed by atoms with Gasteiger partial charge < -0.3 is 20.3 Å². The summed E-state index contributed by atoms with van der Waals surface area (Å²) in [6, 6.07) is -1.02. The molecule has 3 N–H and O–H groups in total. The van der Waals surface area contributed by atoms with Crippen molar-refractivity contribution < 1.29 is 24.5 Å². The highest BCUT2D eigenvalue weighted by atomic mass is 16.5. The predicted octanol–water partition coefficient (Wildman–Crippen LogP) is -0.637. The highest BCUT2D eigenvalue weighted by Crippen LogP contribution is 2.20. The molecule has 0 aromatic heterocycles. The molecule has 6 heteroatoms. The standard InChI is InChI=1S/C10H17NO5/c1-6-7(3-5-16-6)9(13)11-8(2-4-12)10(14)15/h6-8,12H,2-5H2,1H3,(H,11,13)(H,14,15)/t6?,7?,8-/m1/s1. The number of hydrogen-bond donors (Lipinski definition) is 3. The molecule has 1 aliphatic rings. The lowest BCUT2D eigenvalue weighted by Crippen LogP contribution is -2.45. The van der Waals surface area contributed by atoms with Crippen LogP contribution in [0.4, 0.5) is 0 Å². The third-order valence-electron chi connectivity index (χ3n) is 2.75. The number of nitrogens with one attached hydrogen (secondary N) is 1. The number of rotatable bonds is 5. The van der Waals surface area contributed by atoms with Crippen LogP contribution in [-0.4, -0.2) is 47.4 Å². The van der Waals surface area contributed by atoms with E-state index in [9.17, 15) is 9.59 Å². The SMILES string of the molecule is CC1OCCC1C(=O)N[C@H](CCO)C(=O)O. The first-order chi connectivity index (χ1) is 7.56. The molecular weight excluding hydrogens is 214 g/mol. The van der Waals surface area contributed by atoms with Gasteiger partial charge in [0.05, 0.1) is 12.0 Å². The van der Waals surface area contributed by atoms with E-state index in [0.29, 0.717) is 13.0 Å². The van der Waals surface area contributed by atoms with E-state index < -0.39 is 12.0 Å². The second kappa shape index (κ2) is 5.81. The summed E-state index contributed by atoms with van der Waals surface area (Å²) >= 11 is 0. The number of aliphatic hydroxyl groups excluding tert-OH is 1. The molecule has 0 aromatic carbocycles. The van der Waals surface area contributed by atoms with E-state index in [2.05, 4.69) is 5.32 Å². The van der Waals surface area contributed by atoms with Gasteiger partial charge in [-0.3, -0.25) is 4.79 Å². The highest BCUT2D eigenvalue weighted by Gasteiger charge is 2.32. The molecule has 16 heavy (non-hydrogen) atoms. The summed E-state index contributed by atoms with van der Waals surface area (Å²) in [6.45, 7) is 2.05. The van der Waals surface area contributed by atoms with Crippen LogP contribution in [0.25, 0.3) is 0 Å². The van der Waals surface area contributed by atoms with Crippen molar-refractivity contribution in [2.24, 2.45) is 5.92 Å². The van der Waals surface area contributed by atoms with Crippen LogP contribution in [0.5, 0.6) is 0 Å². The van der Waals surface area contributed by atoms with Gasteiger partial charge in [0.15, 0.2) is 0 Å². The second-order valence-electron chi connectivity index (χ2n) is 3.88. The molecule has 3 atom stereocenters. The van der Waals surface area contributed by atoms with Crippen LogP contribution in [0.1, 0.15) is 19.8 Å². The molecule has 1 heterocycles. The number of ether oxygens (including phenoxy) is 1. The predicted molar refractivity (Wildman–Crippen MR) is 54.8 cm³/mol. The van der Waals surface area contributed by atoms with Gasteiger partial charge in [0, 0.05) is 19.6 Å². The number of aliphatic hydroxyl groups is 1. The topological polar surface area (TPSA) is 95.9 Å². The first-order valence-corrected chi connectivity index (χ1v) is 5.32. The lowest BCUT2D eigenvalue weighted by molar-refractivity contribution is -0.143. The molecule has 6 nitrogen and oxygen atoms in total. The summed E-state index contributed by atoms with van der Waals surface area (Å²) in [5.41, 5.74) is 0. The third kappa shape index (κ3) is 3.18. The number of hydrogen-bond acceptors (Lipinski definition) is 4. The minimum atomic E-state index is -1.13. The van der Waals surface area contributed by atoms with Gasteiger partial charge in [0.1, 0.15) is 6.04 Å². The Labute approximate surface area is 93.6 Å². The van der Waals surface area contributed by atoms with Crippen LogP contribution in [0.3, 0.4) is 0 Å². The van der Waals surface area contributed by atoms with Crippen molar-refractivity contribution in [3.63, 3.8) is 0 Å². The molecule has 0 bridgehead atoms. The summed E-state index contributed by atoms with van der Waals surface area (Å²) in [6.07, 6.45) is 0.449. The zero-order valence-electron chi connectivity index (χ0n) is 9.18. The van der Waals surface area contributed by atoms with Gasteiger partial charge in [-0.1, -0.05) is 0 Å². The second-order valence-corrected chi connectivity index (χ2v) is 3.88. The number of carbonyl (C=O) groups excluding carboxylic acids is 1. The van der Waals surface area contributed by atoms with Crippen LogP contribution in [0.2, 0.25) is 0 Å². The van der Waals surface area contributed by atoms with Crippen LogP contribution >= 0.6 is 0 Å². The maximum Gasteiger partial charge on any atom is 0.326 e. The lowest BCUT2D eigenvalue weighted by atomic mass is 10.0. The minimum Gasteiger partial charge on any atom is -0.480 e. The average Bonchev–Trinajstić information content (AvgIpc) is 2.63. The molecule has 1 aliphatic heterocycles. The molecular formula is C10H17NO5. The lowest BCUT2D eigenvalue weighted by Gasteiger charge is -2.18. The van der Waals surface area contributed by atoms with E-state index in [0.717, 1.165) is 0 Å². The van der Waals surface area contributed by atoms with Gasteiger partial charge in [0.2, 0.25) is 5.91 Å². The Hall–Kier alpha value is -1.14. The minimum absolute atomic E-state index is 0.0169. The number of carbonyl (C=O) groups is 2. The Morgan fingerprint density at radius 1 is 1.56 bits per heavy atom. The van der Waals surface area contributed by atoms with E-state index in [-0.39, 0.29) is 31.0 Å². The number of amides is 1. The van der Waals surface area contributed by atoms with Gasteiger partial charge in [0.25, 0.3) is 0 Å². The molecule has 0 saturated carbocycles. The van der Waals surface area contributed by atoms with E-state index >= 15 is 0 Å². The van der Waals surface area contributed by atoms with Gasteiger partial charge in [-0.05, 0) is 13.3 Å². The monoisotopic (exact) mass is 231 g/mol. The molecule has 1 fully saturated rings. The maximum atomic E-state index is 11.7. The number of carboxylic acid groups (broad SMARTS) is 1. The Balaban J connectivity index is 2.50. The largest absolute Gasteiger partial charge is 0.480 e. The molecule has 0 aliphatic carbocycles. The van der Waals surface area contributed by atoms with Crippen molar-refractivity contribution in [2.45, 2.75) is 31.9 Å². The van der Waals surface area contributed by atoms with Crippen LogP contribution in [-0.2, 0) is 14.3 Å². The molecule has 1 rings (SSSR count). The highest BCUT2D eigenvalue weighted by molar-refractivity contribution is 5.85. The van der Waals surface area contributed by atoms with E-state index in [1.165, 1.54) is 0 Å². The summed E-state index contributed by atoms with van der Waals surface area (Å²) < 4.78 is 5.23. The first kappa shape index (κ1) is 12.9. The molecule has 2 unspecified atom stereocenters. The van der Waals surface area contributed by atoms with Gasteiger partial charge in [-0.25, -0.2) is 4.79 Å². The fraction of sp³-hybridized carbons (Fsp3) is 0.800. The van der Waals surface area contributed by atoms with Gasteiger partial charge in [-0.15, -0.1) is 0 Å². The normalized spacial score (nSPS) is 26.4. The van der Waals surface area contributed by atoms with E-state index in [1.54, 1.807) is 6.92 Å². The van der Waals surface area contributed by atoms with Crippen LogP contribution in [0, 0.1) is 5.92 Å². The van der Waals surface area contributed by atoms with Gasteiger partial charge in [-0.2, -0.15) is 0 Å². The first-order valence-electron chi connectivity index (χ1n) is 5.32. The number of aliphatic carboxylic acids is 1. The van der Waals surface area contributed by atoms with Crippen molar-refractivity contribution in [1.82, 2.24) is 5.32 Å².